The maximum atomic E-state index is 12.2. The van der Waals surface area contributed by atoms with Gasteiger partial charge in [-0.1, -0.05) is 0 Å². The van der Waals surface area contributed by atoms with E-state index in [-0.39, 0.29) is 6.09 Å². The van der Waals surface area contributed by atoms with E-state index in [9.17, 15) is 4.79 Å². The Balaban J connectivity index is 2.10. The first-order chi connectivity index (χ1) is 10.3. The number of aromatic nitrogens is 1. The molecule has 0 aromatic carbocycles. The van der Waals surface area contributed by atoms with E-state index in [1.807, 2.05) is 38.7 Å². The number of ether oxygens (including phenoxy) is 2. The van der Waals surface area contributed by atoms with E-state index in [2.05, 4.69) is 11.1 Å². The van der Waals surface area contributed by atoms with Gasteiger partial charge in [0.05, 0.1) is 7.11 Å². The Hall–Kier alpha value is -1.78. The molecular weight excluding hydrogens is 280 g/mol. The van der Waals surface area contributed by atoms with Gasteiger partial charge in [-0.2, -0.15) is 0 Å². The molecule has 122 valence electrons. The summed E-state index contributed by atoms with van der Waals surface area (Å²) in [7, 11) is 1.62. The van der Waals surface area contributed by atoms with Gasteiger partial charge in [-0.25, -0.2) is 9.78 Å². The van der Waals surface area contributed by atoms with Crippen molar-refractivity contribution < 1.29 is 14.3 Å². The van der Waals surface area contributed by atoms with E-state index < -0.39 is 5.60 Å². The molecule has 1 saturated heterocycles. The minimum Gasteiger partial charge on any atom is -0.481 e. The van der Waals surface area contributed by atoms with E-state index in [0.717, 1.165) is 25.1 Å². The molecule has 1 aromatic rings. The van der Waals surface area contributed by atoms with Crippen LogP contribution in [-0.4, -0.2) is 41.8 Å². The average Bonchev–Trinajstić information content (AvgIpc) is 2.45. The number of pyridine rings is 1. The number of rotatable bonds is 2. The normalized spacial score (nSPS) is 19.0. The van der Waals surface area contributed by atoms with Gasteiger partial charge in [0.1, 0.15) is 5.60 Å². The number of methoxy groups -OCH3 is 1. The maximum Gasteiger partial charge on any atom is 0.410 e. The minimum atomic E-state index is -0.458. The SMILES string of the molecule is COc1cc(C2CCCN(C(=O)OC(C)(C)C)C2)cc(C)n1. The zero-order chi connectivity index (χ0) is 16.3. The molecule has 0 aliphatic carbocycles. The number of amides is 1. The first kappa shape index (κ1) is 16.6. The van der Waals surface area contributed by atoms with Crippen LogP contribution in [0.2, 0.25) is 0 Å². The van der Waals surface area contributed by atoms with Crippen LogP contribution < -0.4 is 4.74 Å². The van der Waals surface area contributed by atoms with Gasteiger partial charge in [0.25, 0.3) is 0 Å². The Labute approximate surface area is 132 Å². The molecule has 22 heavy (non-hydrogen) atoms. The summed E-state index contributed by atoms with van der Waals surface area (Å²) in [5, 5.41) is 0. The molecule has 2 rings (SSSR count). The average molecular weight is 306 g/mol. The van der Waals surface area contributed by atoms with Gasteiger partial charge in [0.15, 0.2) is 0 Å². The number of carbonyl (C=O) groups excluding carboxylic acids is 1. The van der Waals surface area contributed by atoms with Crippen molar-refractivity contribution in [2.45, 2.75) is 52.1 Å². The maximum absolute atomic E-state index is 12.2. The van der Waals surface area contributed by atoms with E-state index in [1.165, 1.54) is 5.56 Å². The smallest absolute Gasteiger partial charge is 0.410 e. The van der Waals surface area contributed by atoms with E-state index in [1.54, 1.807) is 7.11 Å². The van der Waals surface area contributed by atoms with E-state index in [0.29, 0.717) is 18.3 Å². The summed E-state index contributed by atoms with van der Waals surface area (Å²) in [4.78, 5) is 18.4. The van der Waals surface area contributed by atoms with Crippen LogP contribution in [0.25, 0.3) is 0 Å². The molecule has 1 aromatic heterocycles. The van der Waals surface area contributed by atoms with Gasteiger partial charge in [0.2, 0.25) is 5.88 Å². The van der Waals surface area contributed by atoms with Crippen LogP contribution in [-0.2, 0) is 4.74 Å². The summed E-state index contributed by atoms with van der Waals surface area (Å²) in [5.74, 6) is 0.932. The molecule has 1 amide bonds. The van der Waals surface area contributed by atoms with Crippen molar-refractivity contribution in [2.75, 3.05) is 20.2 Å². The fourth-order valence-corrected chi connectivity index (χ4v) is 2.75. The molecule has 1 atom stereocenters. The van der Waals surface area contributed by atoms with Crippen LogP contribution in [0.5, 0.6) is 5.88 Å². The molecule has 5 nitrogen and oxygen atoms in total. The lowest BCUT2D eigenvalue weighted by atomic mass is 9.91. The van der Waals surface area contributed by atoms with Crippen molar-refractivity contribution in [3.8, 4) is 5.88 Å². The van der Waals surface area contributed by atoms with Gasteiger partial charge in [0, 0.05) is 30.8 Å². The lowest BCUT2D eigenvalue weighted by Crippen LogP contribution is -2.42. The number of carbonyl (C=O) groups is 1. The van der Waals surface area contributed by atoms with Crippen LogP contribution in [0.3, 0.4) is 0 Å². The fourth-order valence-electron chi connectivity index (χ4n) is 2.75. The summed E-state index contributed by atoms with van der Waals surface area (Å²) in [6, 6.07) is 4.04. The second-order valence-electron chi connectivity index (χ2n) is 6.85. The van der Waals surface area contributed by atoms with Crippen LogP contribution in [0.15, 0.2) is 12.1 Å². The number of aryl methyl sites for hydroxylation is 1. The molecule has 1 unspecified atom stereocenters. The predicted octanol–water partition coefficient (Wildman–Crippen LogP) is 3.51. The van der Waals surface area contributed by atoms with Gasteiger partial charge >= 0.3 is 6.09 Å². The summed E-state index contributed by atoms with van der Waals surface area (Å²) >= 11 is 0. The highest BCUT2D eigenvalue weighted by Crippen LogP contribution is 2.29. The second kappa shape index (κ2) is 6.55. The molecule has 0 bridgehead atoms. The highest BCUT2D eigenvalue weighted by molar-refractivity contribution is 5.68. The van der Waals surface area contributed by atoms with Crippen molar-refractivity contribution >= 4 is 6.09 Å². The van der Waals surface area contributed by atoms with Gasteiger partial charge in [-0.05, 0) is 52.2 Å². The molecule has 1 aliphatic rings. The van der Waals surface area contributed by atoms with Crippen LogP contribution in [0.4, 0.5) is 4.79 Å². The molecule has 0 radical (unpaired) electrons. The van der Waals surface area contributed by atoms with E-state index in [4.69, 9.17) is 9.47 Å². The monoisotopic (exact) mass is 306 g/mol. The quantitative estimate of drug-likeness (QED) is 0.839. The van der Waals surface area contributed by atoms with Crippen LogP contribution in [0, 0.1) is 6.92 Å². The highest BCUT2D eigenvalue weighted by Gasteiger charge is 2.28. The summed E-state index contributed by atoms with van der Waals surface area (Å²) in [6.45, 7) is 9.07. The van der Waals surface area contributed by atoms with E-state index >= 15 is 0 Å². The van der Waals surface area contributed by atoms with Gasteiger partial charge in [-0.15, -0.1) is 0 Å². The molecule has 0 saturated carbocycles. The first-order valence-electron chi connectivity index (χ1n) is 7.79. The van der Waals surface area contributed by atoms with Crippen molar-refractivity contribution in [1.29, 1.82) is 0 Å². The van der Waals surface area contributed by atoms with Crippen molar-refractivity contribution in [3.05, 3.63) is 23.4 Å². The first-order valence-corrected chi connectivity index (χ1v) is 7.79. The lowest BCUT2D eigenvalue weighted by Gasteiger charge is -2.34. The van der Waals surface area contributed by atoms with Crippen molar-refractivity contribution in [3.63, 3.8) is 0 Å². The summed E-state index contributed by atoms with van der Waals surface area (Å²) in [5.41, 5.74) is 1.65. The number of likely N-dealkylation sites (tertiary alicyclic amines) is 1. The number of hydrogen-bond donors (Lipinski definition) is 0. The summed E-state index contributed by atoms with van der Waals surface area (Å²) in [6.07, 6.45) is 1.81. The molecule has 0 spiro atoms. The highest BCUT2D eigenvalue weighted by atomic mass is 16.6. The Morgan fingerprint density at radius 1 is 1.36 bits per heavy atom. The third-order valence-electron chi connectivity index (χ3n) is 3.71. The largest absolute Gasteiger partial charge is 0.481 e. The topological polar surface area (TPSA) is 51.7 Å². The Kier molecular flexibility index (Phi) is 4.94. The Bertz CT molecular complexity index is 537. The van der Waals surface area contributed by atoms with Crippen LogP contribution in [0.1, 0.15) is 50.8 Å². The minimum absolute atomic E-state index is 0.227. The van der Waals surface area contributed by atoms with Gasteiger partial charge in [-0.3, -0.25) is 0 Å². The van der Waals surface area contributed by atoms with Gasteiger partial charge < -0.3 is 14.4 Å². The van der Waals surface area contributed by atoms with Crippen molar-refractivity contribution in [2.24, 2.45) is 0 Å². The fraction of sp³-hybridized carbons (Fsp3) is 0.647. The lowest BCUT2D eigenvalue weighted by molar-refractivity contribution is 0.0198. The molecule has 1 aliphatic heterocycles. The van der Waals surface area contributed by atoms with Crippen LogP contribution >= 0.6 is 0 Å². The molecule has 0 N–H and O–H groups in total. The van der Waals surface area contributed by atoms with Crippen molar-refractivity contribution in [1.82, 2.24) is 9.88 Å². The molecule has 5 heteroatoms. The second-order valence-corrected chi connectivity index (χ2v) is 6.85. The third kappa shape index (κ3) is 4.36. The standard InChI is InChI=1S/C17H26N2O3/c1-12-9-14(10-15(18-12)21-5)13-7-6-8-19(11-13)16(20)22-17(2,3)4/h9-10,13H,6-8,11H2,1-5H3. The zero-order valence-electron chi connectivity index (χ0n) is 14.2. The summed E-state index contributed by atoms with van der Waals surface area (Å²) < 4.78 is 10.7. The molecule has 1 fully saturated rings. The number of hydrogen-bond acceptors (Lipinski definition) is 4. The number of piperidine rings is 1. The molecule has 2 heterocycles. The number of nitrogens with zero attached hydrogens (tertiary/aromatic N) is 2. The Morgan fingerprint density at radius 3 is 2.73 bits per heavy atom. The molecular formula is C17H26N2O3. The Morgan fingerprint density at radius 2 is 2.09 bits per heavy atom. The predicted molar refractivity (Wildman–Crippen MR) is 85.3 cm³/mol. The zero-order valence-corrected chi connectivity index (χ0v) is 14.2. The third-order valence-corrected chi connectivity index (χ3v) is 3.71.